The third-order valence-electron chi connectivity index (χ3n) is 3.88. The van der Waals surface area contributed by atoms with Gasteiger partial charge in [0.15, 0.2) is 0 Å². The van der Waals surface area contributed by atoms with Gasteiger partial charge in [0.2, 0.25) is 0 Å². The second kappa shape index (κ2) is 7.37. The molecule has 114 valence electrons. The Labute approximate surface area is 126 Å². The molecule has 0 aliphatic carbocycles. The van der Waals surface area contributed by atoms with E-state index in [1.807, 2.05) is 7.05 Å². The molecular formula is C17H29NOS. The summed E-state index contributed by atoms with van der Waals surface area (Å²) in [6.07, 6.45) is 0.964. The molecule has 0 heterocycles. The van der Waals surface area contributed by atoms with Crippen molar-refractivity contribution in [2.45, 2.75) is 57.7 Å². The van der Waals surface area contributed by atoms with E-state index in [0.29, 0.717) is 5.75 Å². The summed E-state index contributed by atoms with van der Waals surface area (Å²) in [6, 6.07) is 8.86. The minimum Gasteiger partial charge on any atom is -0.312 e. The van der Waals surface area contributed by atoms with E-state index in [1.54, 1.807) is 0 Å². The van der Waals surface area contributed by atoms with Crippen molar-refractivity contribution in [1.29, 1.82) is 0 Å². The number of hydrogen-bond acceptors (Lipinski definition) is 2. The van der Waals surface area contributed by atoms with Crippen molar-refractivity contribution in [3.63, 3.8) is 0 Å². The van der Waals surface area contributed by atoms with Crippen LogP contribution in [0.25, 0.3) is 0 Å². The van der Waals surface area contributed by atoms with E-state index in [0.717, 1.165) is 6.42 Å². The number of nitrogens with one attached hydrogen (secondary N) is 1. The van der Waals surface area contributed by atoms with Gasteiger partial charge in [-0.15, -0.1) is 0 Å². The average Bonchev–Trinajstić information content (AvgIpc) is 2.42. The van der Waals surface area contributed by atoms with Crippen LogP contribution in [0.5, 0.6) is 0 Å². The Morgan fingerprint density at radius 3 is 2.15 bits per heavy atom. The van der Waals surface area contributed by atoms with E-state index < -0.39 is 10.8 Å². The molecule has 0 aliphatic heterocycles. The third kappa shape index (κ3) is 4.71. The van der Waals surface area contributed by atoms with Gasteiger partial charge in [-0.3, -0.25) is 4.21 Å². The monoisotopic (exact) mass is 295 g/mol. The Balaban J connectivity index is 2.83. The van der Waals surface area contributed by atoms with Crippen LogP contribution in [0.3, 0.4) is 0 Å². The molecular weight excluding hydrogens is 266 g/mol. The summed E-state index contributed by atoms with van der Waals surface area (Å²) in [4.78, 5) is 0. The summed E-state index contributed by atoms with van der Waals surface area (Å²) in [6.45, 7) is 10.8. The molecule has 0 aromatic heterocycles. The minimum absolute atomic E-state index is 0.166. The number of hydrogen-bond donors (Lipinski definition) is 1. The maximum Gasteiger partial charge on any atom is 0.0434 e. The molecule has 0 saturated heterocycles. The van der Waals surface area contributed by atoms with Gasteiger partial charge in [-0.1, -0.05) is 58.9 Å². The fourth-order valence-electron chi connectivity index (χ4n) is 2.08. The maximum absolute atomic E-state index is 12.2. The Hall–Kier alpha value is -0.670. The first-order valence-electron chi connectivity index (χ1n) is 7.44. The number of rotatable bonds is 6. The molecule has 0 spiro atoms. The van der Waals surface area contributed by atoms with Gasteiger partial charge in [-0.05, 0) is 30.0 Å². The molecule has 1 N–H and O–H groups in total. The van der Waals surface area contributed by atoms with Crippen LogP contribution < -0.4 is 5.32 Å². The predicted molar refractivity (Wildman–Crippen MR) is 89.7 cm³/mol. The quantitative estimate of drug-likeness (QED) is 0.865. The lowest BCUT2D eigenvalue weighted by atomic mass is 9.86. The van der Waals surface area contributed by atoms with E-state index >= 15 is 0 Å². The molecule has 3 heteroatoms. The van der Waals surface area contributed by atoms with Gasteiger partial charge in [-0.2, -0.15) is 0 Å². The smallest absolute Gasteiger partial charge is 0.0434 e. The molecule has 0 amide bonds. The van der Waals surface area contributed by atoms with Gasteiger partial charge in [0, 0.05) is 27.8 Å². The van der Waals surface area contributed by atoms with Gasteiger partial charge in [-0.25, -0.2) is 0 Å². The molecule has 0 radical (unpaired) electrons. The van der Waals surface area contributed by atoms with Crippen molar-refractivity contribution in [2.24, 2.45) is 0 Å². The lowest BCUT2D eigenvalue weighted by molar-refractivity contribution is 0.587. The van der Waals surface area contributed by atoms with Crippen LogP contribution in [0.15, 0.2) is 24.3 Å². The first-order valence-corrected chi connectivity index (χ1v) is 8.82. The Morgan fingerprint density at radius 2 is 1.75 bits per heavy atom. The molecule has 1 aromatic carbocycles. The average molecular weight is 295 g/mol. The van der Waals surface area contributed by atoms with Crippen molar-refractivity contribution < 1.29 is 4.21 Å². The summed E-state index contributed by atoms with van der Waals surface area (Å²) < 4.78 is 12.2. The first kappa shape index (κ1) is 17.4. The standard InChI is InChI=1S/C17H29NOS/c1-7-13(2)20(19)12-16(18-6)14-8-10-15(11-9-14)17(3,4)5/h8-11,13,16,18H,7,12H2,1-6H3. The van der Waals surface area contributed by atoms with Gasteiger partial charge in [0.1, 0.15) is 0 Å². The van der Waals surface area contributed by atoms with Crippen LogP contribution in [0, 0.1) is 0 Å². The fourth-order valence-corrected chi connectivity index (χ4v) is 3.46. The molecule has 0 saturated carbocycles. The van der Waals surface area contributed by atoms with Crippen LogP contribution in [-0.4, -0.2) is 22.3 Å². The van der Waals surface area contributed by atoms with Crippen LogP contribution in [0.1, 0.15) is 58.2 Å². The molecule has 0 fully saturated rings. The summed E-state index contributed by atoms with van der Waals surface area (Å²) in [5.74, 6) is 0.681. The SMILES string of the molecule is CCC(C)S(=O)CC(NC)c1ccc(C(C)(C)C)cc1. The van der Waals surface area contributed by atoms with E-state index in [-0.39, 0.29) is 16.7 Å². The Bertz CT molecular complexity index is 433. The highest BCUT2D eigenvalue weighted by Crippen LogP contribution is 2.24. The zero-order valence-corrected chi connectivity index (χ0v) is 14.5. The van der Waals surface area contributed by atoms with Crippen molar-refractivity contribution >= 4 is 10.8 Å². The van der Waals surface area contributed by atoms with Crippen LogP contribution in [-0.2, 0) is 16.2 Å². The number of benzene rings is 1. The summed E-state index contributed by atoms with van der Waals surface area (Å²) in [7, 11) is 1.16. The van der Waals surface area contributed by atoms with Crippen molar-refractivity contribution in [3.8, 4) is 0 Å². The van der Waals surface area contributed by atoms with E-state index in [1.165, 1.54) is 11.1 Å². The zero-order chi connectivity index (χ0) is 15.3. The van der Waals surface area contributed by atoms with Crippen LogP contribution in [0.2, 0.25) is 0 Å². The predicted octanol–water partition coefficient (Wildman–Crippen LogP) is 3.79. The molecule has 1 aromatic rings. The summed E-state index contributed by atoms with van der Waals surface area (Å²) in [5.41, 5.74) is 2.73. The Morgan fingerprint density at radius 1 is 1.20 bits per heavy atom. The second-order valence-corrected chi connectivity index (χ2v) is 8.38. The van der Waals surface area contributed by atoms with Crippen molar-refractivity contribution in [2.75, 3.05) is 12.8 Å². The zero-order valence-electron chi connectivity index (χ0n) is 13.7. The molecule has 20 heavy (non-hydrogen) atoms. The fraction of sp³-hybridized carbons (Fsp3) is 0.647. The highest BCUT2D eigenvalue weighted by molar-refractivity contribution is 7.85. The molecule has 2 nitrogen and oxygen atoms in total. The lowest BCUT2D eigenvalue weighted by Crippen LogP contribution is -2.26. The highest BCUT2D eigenvalue weighted by Gasteiger charge is 2.18. The lowest BCUT2D eigenvalue weighted by Gasteiger charge is -2.22. The van der Waals surface area contributed by atoms with Crippen molar-refractivity contribution in [1.82, 2.24) is 5.32 Å². The summed E-state index contributed by atoms with van der Waals surface area (Å²) in [5, 5.41) is 3.56. The van der Waals surface area contributed by atoms with Gasteiger partial charge in [0.25, 0.3) is 0 Å². The van der Waals surface area contributed by atoms with Gasteiger partial charge < -0.3 is 5.32 Å². The molecule has 1 rings (SSSR count). The normalized spacial score (nSPS) is 16.7. The topological polar surface area (TPSA) is 29.1 Å². The maximum atomic E-state index is 12.2. The Kier molecular flexibility index (Phi) is 6.41. The van der Waals surface area contributed by atoms with Crippen molar-refractivity contribution in [3.05, 3.63) is 35.4 Å². The molecule has 0 bridgehead atoms. The van der Waals surface area contributed by atoms with E-state index in [2.05, 4.69) is 64.2 Å². The van der Waals surface area contributed by atoms with Crippen LogP contribution in [0.4, 0.5) is 0 Å². The molecule has 0 aliphatic rings. The molecule has 3 unspecified atom stereocenters. The van der Waals surface area contributed by atoms with Gasteiger partial charge in [0.05, 0.1) is 0 Å². The second-order valence-electron chi connectivity index (χ2n) is 6.48. The largest absolute Gasteiger partial charge is 0.312 e. The molecule has 3 atom stereocenters. The third-order valence-corrected chi connectivity index (χ3v) is 5.77. The minimum atomic E-state index is -0.780. The first-order chi connectivity index (χ1) is 9.29. The van der Waals surface area contributed by atoms with E-state index in [9.17, 15) is 4.21 Å². The highest BCUT2D eigenvalue weighted by atomic mass is 32.2. The summed E-state index contributed by atoms with van der Waals surface area (Å²) >= 11 is 0. The van der Waals surface area contributed by atoms with Crippen LogP contribution >= 0.6 is 0 Å². The van der Waals surface area contributed by atoms with E-state index in [4.69, 9.17) is 0 Å². The van der Waals surface area contributed by atoms with Gasteiger partial charge >= 0.3 is 0 Å².